The number of ether oxygens (including phenoxy) is 1. The zero-order chi connectivity index (χ0) is 24.0. The SMILES string of the molecule is COC(=O)C1=C(C)N(C(C)C)C(=O)/C1=C\c1cc(C)n(-c2ccccc2C(F)(F)F)c1C. The summed E-state index contributed by atoms with van der Waals surface area (Å²) < 4.78 is 47.2. The van der Waals surface area contributed by atoms with E-state index < -0.39 is 17.7 Å². The molecule has 0 aliphatic carbocycles. The molecular weight excluding hydrogens is 421 g/mol. The number of nitrogens with zero attached hydrogens (tertiary/aromatic N) is 2. The normalized spacial score (nSPS) is 16.0. The van der Waals surface area contributed by atoms with Crippen LogP contribution in [0.15, 0.2) is 47.2 Å². The topological polar surface area (TPSA) is 51.5 Å². The molecule has 0 spiro atoms. The Morgan fingerprint density at radius 2 is 1.75 bits per heavy atom. The number of esters is 1. The molecule has 3 rings (SSSR count). The highest BCUT2D eigenvalue weighted by Crippen LogP contribution is 2.37. The number of alkyl halides is 3. The molecule has 0 atom stereocenters. The Balaban J connectivity index is 2.20. The molecule has 2 heterocycles. The van der Waals surface area contributed by atoms with Gasteiger partial charge in [-0.05, 0) is 64.5 Å². The second kappa shape index (κ2) is 8.33. The van der Waals surface area contributed by atoms with Crippen molar-refractivity contribution in [3.63, 3.8) is 0 Å². The molecule has 0 saturated heterocycles. The standard InChI is InChI=1S/C24H25F3N2O3/c1-13(2)28-16(5)21(23(31)32-6)18(22(28)30)12-17-11-14(3)29(15(17)4)20-10-8-7-9-19(20)24(25,26)27/h7-13H,1-6H3/b18-12-. The van der Waals surface area contributed by atoms with Gasteiger partial charge in [-0.15, -0.1) is 0 Å². The number of carbonyl (C=O) groups is 2. The molecule has 1 amide bonds. The third kappa shape index (κ3) is 3.85. The molecule has 1 aliphatic heterocycles. The van der Waals surface area contributed by atoms with Gasteiger partial charge in [0.2, 0.25) is 0 Å². The van der Waals surface area contributed by atoms with Crippen molar-refractivity contribution in [2.75, 3.05) is 7.11 Å². The minimum absolute atomic E-state index is 0.00104. The lowest BCUT2D eigenvalue weighted by Gasteiger charge is -2.22. The zero-order valence-electron chi connectivity index (χ0n) is 18.8. The Bertz CT molecular complexity index is 1150. The molecule has 32 heavy (non-hydrogen) atoms. The maximum atomic E-state index is 13.6. The van der Waals surface area contributed by atoms with Crippen molar-refractivity contribution < 1.29 is 27.5 Å². The Labute approximate surface area is 184 Å². The number of benzene rings is 1. The van der Waals surface area contributed by atoms with E-state index in [1.807, 2.05) is 13.8 Å². The molecule has 0 unspecified atom stereocenters. The average molecular weight is 446 g/mol. The summed E-state index contributed by atoms with van der Waals surface area (Å²) in [5, 5.41) is 0. The second-order valence-electron chi connectivity index (χ2n) is 7.96. The number of aromatic nitrogens is 1. The van der Waals surface area contributed by atoms with E-state index in [2.05, 4.69) is 0 Å². The molecule has 2 aromatic rings. The van der Waals surface area contributed by atoms with Gasteiger partial charge in [0.1, 0.15) is 0 Å². The second-order valence-corrected chi connectivity index (χ2v) is 7.96. The van der Waals surface area contributed by atoms with Crippen LogP contribution in [-0.2, 0) is 20.5 Å². The molecule has 0 radical (unpaired) electrons. The van der Waals surface area contributed by atoms with Crippen molar-refractivity contribution in [3.8, 4) is 5.69 Å². The van der Waals surface area contributed by atoms with Crippen LogP contribution in [0.1, 0.15) is 43.3 Å². The van der Waals surface area contributed by atoms with E-state index in [1.165, 1.54) is 28.7 Å². The van der Waals surface area contributed by atoms with Crippen LogP contribution in [0.25, 0.3) is 11.8 Å². The van der Waals surface area contributed by atoms with Gasteiger partial charge in [0.15, 0.2) is 0 Å². The summed E-state index contributed by atoms with van der Waals surface area (Å²) in [5.41, 5.74) is 1.68. The maximum absolute atomic E-state index is 13.6. The highest BCUT2D eigenvalue weighted by atomic mass is 19.4. The van der Waals surface area contributed by atoms with Crippen molar-refractivity contribution in [3.05, 3.63) is 69.7 Å². The molecule has 8 heteroatoms. The zero-order valence-corrected chi connectivity index (χ0v) is 18.8. The first-order valence-corrected chi connectivity index (χ1v) is 10.1. The van der Waals surface area contributed by atoms with Gasteiger partial charge in [0.05, 0.1) is 29.5 Å². The number of para-hydroxylation sites is 1. The molecule has 1 aromatic heterocycles. The lowest BCUT2D eigenvalue weighted by Crippen LogP contribution is -2.31. The van der Waals surface area contributed by atoms with Crippen molar-refractivity contribution in [2.45, 2.75) is 46.8 Å². The Hall–Kier alpha value is -3.29. The summed E-state index contributed by atoms with van der Waals surface area (Å²) in [6.07, 6.45) is -2.97. The summed E-state index contributed by atoms with van der Waals surface area (Å²) in [6.45, 7) is 8.72. The molecule has 0 fully saturated rings. The number of hydrogen-bond donors (Lipinski definition) is 0. The molecule has 1 aliphatic rings. The lowest BCUT2D eigenvalue weighted by molar-refractivity contribution is -0.137. The van der Waals surface area contributed by atoms with E-state index in [0.29, 0.717) is 22.6 Å². The third-order valence-electron chi connectivity index (χ3n) is 5.57. The predicted octanol–water partition coefficient (Wildman–Crippen LogP) is 5.19. The van der Waals surface area contributed by atoms with Crippen LogP contribution in [0.2, 0.25) is 0 Å². The number of halogens is 3. The number of amides is 1. The van der Waals surface area contributed by atoms with Gasteiger partial charge in [-0.3, -0.25) is 4.79 Å². The summed E-state index contributed by atoms with van der Waals surface area (Å²) in [6, 6.07) is 6.85. The largest absolute Gasteiger partial charge is 0.465 e. The van der Waals surface area contributed by atoms with Crippen LogP contribution >= 0.6 is 0 Å². The van der Waals surface area contributed by atoms with Crippen LogP contribution < -0.4 is 0 Å². The predicted molar refractivity (Wildman–Crippen MR) is 115 cm³/mol. The van der Waals surface area contributed by atoms with Crippen LogP contribution in [0.4, 0.5) is 13.2 Å². The van der Waals surface area contributed by atoms with Gasteiger partial charge in [0.25, 0.3) is 5.91 Å². The summed E-state index contributed by atoms with van der Waals surface area (Å²) in [5.74, 6) is -0.986. The number of methoxy groups -OCH3 is 1. The maximum Gasteiger partial charge on any atom is 0.418 e. The molecule has 170 valence electrons. The highest BCUT2D eigenvalue weighted by Gasteiger charge is 2.38. The summed E-state index contributed by atoms with van der Waals surface area (Å²) in [7, 11) is 1.24. The molecule has 0 bridgehead atoms. The first kappa shape index (κ1) is 23.4. The van der Waals surface area contributed by atoms with Crippen LogP contribution in [0.5, 0.6) is 0 Å². The van der Waals surface area contributed by atoms with Crippen molar-refractivity contribution >= 4 is 18.0 Å². The van der Waals surface area contributed by atoms with Crippen LogP contribution in [-0.4, -0.2) is 34.5 Å². The fourth-order valence-electron chi connectivity index (χ4n) is 4.19. The minimum atomic E-state index is -4.52. The van der Waals surface area contributed by atoms with Crippen LogP contribution in [0, 0.1) is 13.8 Å². The first-order chi connectivity index (χ1) is 14.9. The van der Waals surface area contributed by atoms with E-state index >= 15 is 0 Å². The van der Waals surface area contributed by atoms with Crippen LogP contribution in [0.3, 0.4) is 0 Å². The van der Waals surface area contributed by atoms with Crippen molar-refractivity contribution in [2.24, 2.45) is 0 Å². The fourth-order valence-corrected chi connectivity index (χ4v) is 4.19. The molecule has 5 nitrogen and oxygen atoms in total. The van der Waals surface area contributed by atoms with Gasteiger partial charge in [-0.1, -0.05) is 12.1 Å². The summed E-state index contributed by atoms with van der Waals surface area (Å²) >= 11 is 0. The van der Waals surface area contributed by atoms with E-state index in [9.17, 15) is 22.8 Å². The monoisotopic (exact) mass is 446 g/mol. The van der Waals surface area contributed by atoms with Crippen molar-refractivity contribution in [1.82, 2.24) is 9.47 Å². The molecule has 1 aromatic carbocycles. The lowest BCUT2D eigenvalue weighted by atomic mass is 10.0. The summed E-state index contributed by atoms with van der Waals surface area (Å²) in [4.78, 5) is 27.1. The number of hydrogen-bond acceptors (Lipinski definition) is 3. The average Bonchev–Trinajstić information content (AvgIpc) is 3.12. The fraction of sp³-hybridized carbons (Fsp3) is 0.333. The Kier molecular flexibility index (Phi) is 6.09. The number of rotatable bonds is 4. The quantitative estimate of drug-likeness (QED) is 0.480. The van der Waals surface area contributed by atoms with E-state index in [-0.39, 0.29) is 28.8 Å². The van der Waals surface area contributed by atoms with E-state index in [4.69, 9.17) is 4.74 Å². The van der Waals surface area contributed by atoms with Crippen molar-refractivity contribution in [1.29, 1.82) is 0 Å². The smallest absolute Gasteiger partial charge is 0.418 e. The molecule has 0 saturated carbocycles. The number of aryl methyl sites for hydroxylation is 1. The number of allylic oxidation sites excluding steroid dienone is 1. The van der Waals surface area contributed by atoms with Gasteiger partial charge in [0, 0.05) is 23.1 Å². The first-order valence-electron chi connectivity index (χ1n) is 10.1. The Morgan fingerprint density at radius 3 is 2.31 bits per heavy atom. The van der Waals surface area contributed by atoms with Gasteiger partial charge in [-0.25, -0.2) is 4.79 Å². The molecular formula is C24H25F3N2O3. The number of carbonyl (C=O) groups excluding carboxylic acids is 2. The Morgan fingerprint density at radius 1 is 1.12 bits per heavy atom. The van der Waals surface area contributed by atoms with Gasteiger partial charge < -0.3 is 14.2 Å². The third-order valence-corrected chi connectivity index (χ3v) is 5.57. The molecule has 0 N–H and O–H groups in total. The van der Waals surface area contributed by atoms with E-state index in [0.717, 1.165) is 6.07 Å². The van der Waals surface area contributed by atoms with Gasteiger partial charge in [-0.2, -0.15) is 13.2 Å². The van der Waals surface area contributed by atoms with Gasteiger partial charge >= 0.3 is 12.1 Å². The van der Waals surface area contributed by atoms with E-state index in [1.54, 1.807) is 39.0 Å². The highest BCUT2D eigenvalue weighted by molar-refractivity contribution is 6.16. The minimum Gasteiger partial charge on any atom is -0.465 e.